The molecule has 2 amide bonds. The Bertz CT molecular complexity index is 617. The molecule has 0 spiro atoms. The normalized spacial score (nSPS) is 21.0. The summed E-state index contributed by atoms with van der Waals surface area (Å²) in [5.74, 6) is -0.457. The molecule has 0 radical (unpaired) electrons. The quantitative estimate of drug-likeness (QED) is 0.805. The van der Waals surface area contributed by atoms with Gasteiger partial charge in [0.2, 0.25) is 11.8 Å². The van der Waals surface area contributed by atoms with E-state index in [1.54, 1.807) is 4.90 Å². The van der Waals surface area contributed by atoms with Gasteiger partial charge in [0.1, 0.15) is 0 Å². The molecule has 124 valence electrons. The predicted octanol–water partition coefficient (Wildman–Crippen LogP) is 0.745. The Hall–Kier alpha value is -2.24. The number of carbonyl (C=O) groups excluding carboxylic acids is 2. The molecule has 1 aromatic rings. The van der Waals surface area contributed by atoms with Crippen LogP contribution in [0.4, 0.5) is 11.4 Å². The van der Waals surface area contributed by atoms with E-state index in [1.165, 1.54) is 0 Å². The Morgan fingerprint density at radius 3 is 2.83 bits per heavy atom. The number of nitrogens with zero attached hydrogens (tertiary/aromatic N) is 2. The number of piperidine rings is 1. The van der Waals surface area contributed by atoms with Crippen molar-refractivity contribution < 1.29 is 9.59 Å². The van der Waals surface area contributed by atoms with E-state index in [0.29, 0.717) is 19.6 Å². The minimum atomic E-state index is -0.307. The Labute approximate surface area is 136 Å². The molecule has 2 aliphatic rings. The highest BCUT2D eigenvalue weighted by atomic mass is 16.2. The standard InChI is InChI=1S/C17H24N4O2/c18-14-6-1-7-15-13(14)5-3-8-20(15)11-16(22)21-9-2-4-12(10-21)17(19)23/h1,6-7,12H,2-5,8-11,18H2,(H2,19,23). The summed E-state index contributed by atoms with van der Waals surface area (Å²) in [6.07, 6.45) is 3.57. The third-order valence-electron chi connectivity index (χ3n) is 4.89. The Morgan fingerprint density at radius 2 is 2.04 bits per heavy atom. The van der Waals surface area contributed by atoms with Crippen molar-refractivity contribution in [3.63, 3.8) is 0 Å². The summed E-state index contributed by atoms with van der Waals surface area (Å²) in [6, 6.07) is 5.87. The molecule has 1 fully saturated rings. The molecule has 0 aromatic heterocycles. The van der Waals surface area contributed by atoms with E-state index in [2.05, 4.69) is 4.90 Å². The molecule has 23 heavy (non-hydrogen) atoms. The molecule has 2 aliphatic heterocycles. The van der Waals surface area contributed by atoms with Crippen molar-refractivity contribution in [3.05, 3.63) is 23.8 Å². The van der Waals surface area contributed by atoms with Gasteiger partial charge in [-0.05, 0) is 43.4 Å². The van der Waals surface area contributed by atoms with Crippen LogP contribution in [0.3, 0.4) is 0 Å². The molecule has 2 heterocycles. The monoisotopic (exact) mass is 316 g/mol. The van der Waals surface area contributed by atoms with Gasteiger partial charge in [-0.2, -0.15) is 0 Å². The van der Waals surface area contributed by atoms with Crippen LogP contribution >= 0.6 is 0 Å². The fraction of sp³-hybridized carbons (Fsp3) is 0.529. The molecule has 3 rings (SSSR count). The van der Waals surface area contributed by atoms with Crippen molar-refractivity contribution in [2.75, 3.05) is 36.8 Å². The molecule has 0 bridgehead atoms. The summed E-state index contributed by atoms with van der Waals surface area (Å²) in [4.78, 5) is 27.9. The summed E-state index contributed by atoms with van der Waals surface area (Å²) in [5, 5.41) is 0. The maximum atomic E-state index is 12.6. The zero-order valence-electron chi connectivity index (χ0n) is 13.3. The second kappa shape index (κ2) is 6.48. The number of primary amides is 1. The van der Waals surface area contributed by atoms with Gasteiger partial charge < -0.3 is 21.3 Å². The number of rotatable bonds is 3. The van der Waals surface area contributed by atoms with E-state index in [-0.39, 0.29) is 17.7 Å². The molecule has 6 nitrogen and oxygen atoms in total. The third kappa shape index (κ3) is 3.25. The molecule has 6 heteroatoms. The van der Waals surface area contributed by atoms with Crippen molar-refractivity contribution >= 4 is 23.2 Å². The first-order valence-electron chi connectivity index (χ1n) is 8.25. The van der Waals surface area contributed by atoms with Crippen LogP contribution in [-0.4, -0.2) is 42.9 Å². The fourth-order valence-corrected chi connectivity index (χ4v) is 3.59. The number of hydrogen-bond acceptors (Lipinski definition) is 4. The molecular formula is C17H24N4O2. The highest BCUT2D eigenvalue weighted by Crippen LogP contribution is 2.31. The van der Waals surface area contributed by atoms with Gasteiger partial charge in [-0.1, -0.05) is 6.07 Å². The second-order valence-electron chi connectivity index (χ2n) is 6.45. The van der Waals surface area contributed by atoms with Crippen LogP contribution in [0.15, 0.2) is 18.2 Å². The minimum absolute atomic E-state index is 0.0613. The number of likely N-dealkylation sites (tertiary alicyclic amines) is 1. The third-order valence-corrected chi connectivity index (χ3v) is 4.89. The zero-order valence-corrected chi connectivity index (χ0v) is 13.3. The number of carbonyl (C=O) groups is 2. The average Bonchev–Trinajstić information content (AvgIpc) is 2.56. The van der Waals surface area contributed by atoms with Gasteiger partial charge in [0, 0.05) is 31.0 Å². The first-order valence-corrected chi connectivity index (χ1v) is 8.25. The summed E-state index contributed by atoms with van der Waals surface area (Å²) in [7, 11) is 0. The summed E-state index contributed by atoms with van der Waals surface area (Å²) in [6.45, 7) is 2.35. The van der Waals surface area contributed by atoms with Crippen molar-refractivity contribution in [2.45, 2.75) is 25.7 Å². The van der Waals surface area contributed by atoms with E-state index < -0.39 is 0 Å². The number of anilines is 2. The highest BCUT2D eigenvalue weighted by molar-refractivity contribution is 5.84. The Balaban J connectivity index is 1.69. The average molecular weight is 316 g/mol. The predicted molar refractivity (Wildman–Crippen MR) is 89.9 cm³/mol. The number of benzene rings is 1. The Kier molecular flexibility index (Phi) is 4.41. The minimum Gasteiger partial charge on any atom is -0.398 e. The lowest BCUT2D eigenvalue weighted by molar-refractivity contribution is -0.133. The number of fused-ring (bicyclic) bond motifs is 1. The van der Waals surface area contributed by atoms with Gasteiger partial charge in [0.05, 0.1) is 12.5 Å². The van der Waals surface area contributed by atoms with Crippen LogP contribution < -0.4 is 16.4 Å². The smallest absolute Gasteiger partial charge is 0.242 e. The van der Waals surface area contributed by atoms with E-state index in [4.69, 9.17) is 11.5 Å². The molecule has 0 aliphatic carbocycles. The lowest BCUT2D eigenvalue weighted by atomic mass is 9.97. The van der Waals surface area contributed by atoms with Crippen LogP contribution in [0.1, 0.15) is 24.8 Å². The SMILES string of the molecule is NC(=O)C1CCCN(C(=O)CN2CCCc3c(N)cccc32)C1. The van der Waals surface area contributed by atoms with Gasteiger partial charge in [0.25, 0.3) is 0 Å². The second-order valence-corrected chi connectivity index (χ2v) is 6.45. The number of hydrogen-bond donors (Lipinski definition) is 2. The van der Waals surface area contributed by atoms with Gasteiger partial charge in [-0.25, -0.2) is 0 Å². The van der Waals surface area contributed by atoms with Gasteiger partial charge >= 0.3 is 0 Å². The molecular weight excluding hydrogens is 292 g/mol. The maximum absolute atomic E-state index is 12.6. The number of nitrogen functional groups attached to an aromatic ring is 1. The van der Waals surface area contributed by atoms with E-state index in [0.717, 1.165) is 49.2 Å². The van der Waals surface area contributed by atoms with Crippen molar-refractivity contribution in [2.24, 2.45) is 11.7 Å². The van der Waals surface area contributed by atoms with Crippen molar-refractivity contribution in [1.82, 2.24) is 4.90 Å². The van der Waals surface area contributed by atoms with Crippen LogP contribution in [0.2, 0.25) is 0 Å². The van der Waals surface area contributed by atoms with Crippen LogP contribution in [0.5, 0.6) is 0 Å². The topological polar surface area (TPSA) is 92.7 Å². The van der Waals surface area contributed by atoms with Crippen molar-refractivity contribution in [3.8, 4) is 0 Å². The summed E-state index contributed by atoms with van der Waals surface area (Å²) in [5.41, 5.74) is 14.4. The molecule has 1 aromatic carbocycles. The number of nitrogens with two attached hydrogens (primary N) is 2. The molecule has 4 N–H and O–H groups in total. The lowest BCUT2D eigenvalue weighted by Gasteiger charge is -2.36. The summed E-state index contributed by atoms with van der Waals surface area (Å²) < 4.78 is 0. The van der Waals surface area contributed by atoms with Gasteiger partial charge in [-0.3, -0.25) is 9.59 Å². The van der Waals surface area contributed by atoms with E-state index in [9.17, 15) is 9.59 Å². The molecule has 1 saturated heterocycles. The first-order chi connectivity index (χ1) is 11.1. The number of amides is 2. The van der Waals surface area contributed by atoms with Crippen LogP contribution in [-0.2, 0) is 16.0 Å². The largest absolute Gasteiger partial charge is 0.398 e. The molecule has 1 unspecified atom stereocenters. The maximum Gasteiger partial charge on any atom is 0.242 e. The fourth-order valence-electron chi connectivity index (χ4n) is 3.59. The Morgan fingerprint density at radius 1 is 1.22 bits per heavy atom. The van der Waals surface area contributed by atoms with Crippen LogP contribution in [0, 0.1) is 5.92 Å². The van der Waals surface area contributed by atoms with Crippen LogP contribution in [0.25, 0.3) is 0 Å². The lowest BCUT2D eigenvalue weighted by Crippen LogP contribution is -2.48. The van der Waals surface area contributed by atoms with Gasteiger partial charge in [0.15, 0.2) is 0 Å². The van der Waals surface area contributed by atoms with Crippen molar-refractivity contribution in [1.29, 1.82) is 0 Å². The summed E-state index contributed by atoms with van der Waals surface area (Å²) >= 11 is 0. The molecule has 0 saturated carbocycles. The zero-order chi connectivity index (χ0) is 16.4. The van der Waals surface area contributed by atoms with E-state index >= 15 is 0 Å². The first kappa shape index (κ1) is 15.6. The highest BCUT2D eigenvalue weighted by Gasteiger charge is 2.29. The van der Waals surface area contributed by atoms with E-state index in [1.807, 2.05) is 18.2 Å². The van der Waals surface area contributed by atoms with Gasteiger partial charge in [-0.15, -0.1) is 0 Å². The molecule has 1 atom stereocenters.